The highest BCUT2D eigenvalue weighted by molar-refractivity contribution is 6.03. The Hall–Kier alpha value is -4.66. The molecule has 0 aliphatic rings. The van der Waals surface area contributed by atoms with Crippen molar-refractivity contribution in [3.63, 3.8) is 0 Å². The van der Waals surface area contributed by atoms with Crippen LogP contribution >= 0.6 is 0 Å². The molecule has 5 rings (SSSR count). The van der Waals surface area contributed by atoms with Gasteiger partial charge in [-0.2, -0.15) is 10.2 Å². The second kappa shape index (κ2) is 9.30. The van der Waals surface area contributed by atoms with E-state index in [1.807, 2.05) is 56.3 Å². The van der Waals surface area contributed by atoms with Gasteiger partial charge in [0.15, 0.2) is 5.88 Å². The Balaban J connectivity index is 1.32. The van der Waals surface area contributed by atoms with Crippen LogP contribution in [0.2, 0.25) is 0 Å². The first-order chi connectivity index (χ1) is 17.0. The number of anilines is 1. The summed E-state index contributed by atoms with van der Waals surface area (Å²) < 4.78 is 1.70. The summed E-state index contributed by atoms with van der Waals surface area (Å²) in [6.45, 7) is 4.47. The Morgan fingerprint density at radius 3 is 2.69 bits per heavy atom. The van der Waals surface area contributed by atoms with Gasteiger partial charge in [0, 0.05) is 35.4 Å². The van der Waals surface area contributed by atoms with Gasteiger partial charge < -0.3 is 15.4 Å². The number of nitrogens with one attached hydrogen (secondary N) is 3. The zero-order chi connectivity index (χ0) is 24.4. The summed E-state index contributed by atoms with van der Waals surface area (Å²) in [5.74, 6) is 0.499. The molecular formula is C26H25N7O2. The maximum atomic E-state index is 12.7. The number of aliphatic imine (C=N–C) groups is 1. The van der Waals surface area contributed by atoms with Crippen molar-refractivity contribution >= 4 is 34.5 Å². The van der Waals surface area contributed by atoms with Gasteiger partial charge in [-0.05, 0) is 61.7 Å². The molecule has 1 amide bonds. The number of aryl methyl sites for hydroxylation is 2. The summed E-state index contributed by atoms with van der Waals surface area (Å²) in [6.07, 6.45) is 3.95. The summed E-state index contributed by atoms with van der Waals surface area (Å²) >= 11 is 0. The van der Waals surface area contributed by atoms with E-state index in [4.69, 9.17) is 0 Å². The van der Waals surface area contributed by atoms with E-state index >= 15 is 0 Å². The average Bonchev–Trinajstić information content (AvgIpc) is 3.57. The maximum absolute atomic E-state index is 12.7. The van der Waals surface area contributed by atoms with Crippen molar-refractivity contribution in [1.82, 2.24) is 25.0 Å². The van der Waals surface area contributed by atoms with E-state index in [1.165, 1.54) is 0 Å². The van der Waals surface area contributed by atoms with Crippen molar-refractivity contribution < 1.29 is 9.90 Å². The third-order valence-corrected chi connectivity index (χ3v) is 5.76. The number of fused-ring (bicyclic) bond motifs is 1. The third kappa shape index (κ3) is 4.70. The predicted molar refractivity (Wildman–Crippen MR) is 136 cm³/mol. The van der Waals surface area contributed by atoms with E-state index in [9.17, 15) is 9.90 Å². The minimum atomic E-state index is -0.178. The monoisotopic (exact) mass is 467 g/mol. The molecule has 9 nitrogen and oxygen atoms in total. The van der Waals surface area contributed by atoms with E-state index in [0.29, 0.717) is 30.0 Å². The van der Waals surface area contributed by atoms with Gasteiger partial charge in [-0.3, -0.25) is 14.6 Å². The first-order valence-corrected chi connectivity index (χ1v) is 11.3. The van der Waals surface area contributed by atoms with Gasteiger partial charge in [-0.1, -0.05) is 18.2 Å². The number of rotatable bonds is 7. The van der Waals surface area contributed by atoms with Gasteiger partial charge in [0.25, 0.3) is 5.91 Å². The molecule has 176 valence electrons. The van der Waals surface area contributed by atoms with Gasteiger partial charge in [0.2, 0.25) is 0 Å². The standard InChI is InChI=1S/C26H25N7O2/c1-3-33-23(12-16(2)32-33)26(35)29-19-7-4-17(5-8-19)13-18-6-9-22-20(14-18)21(25(34)30-22)15-27-24-10-11-28-31-24/h4-12,14-15,30,34H,3,13H2,1-2H3,(H,28,31)(H,29,35)/b27-15+. The Kier molecular flexibility index (Phi) is 5.88. The number of carbonyl (C=O) groups excluding carboxylic acids is 1. The molecule has 2 aromatic carbocycles. The summed E-state index contributed by atoms with van der Waals surface area (Å²) in [6, 6.07) is 17.4. The van der Waals surface area contributed by atoms with Crippen molar-refractivity contribution in [2.75, 3.05) is 5.32 Å². The lowest BCUT2D eigenvalue weighted by molar-refractivity contribution is 0.101. The number of nitrogens with zero attached hydrogens (tertiary/aromatic N) is 4. The number of hydrogen-bond donors (Lipinski definition) is 4. The molecule has 0 saturated heterocycles. The molecular weight excluding hydrogens is 442 g/mol. The van der Waals surface area contributed by atoms with Gasteiger partial charge in [-0.25, -0.2) is 4.99 Å². The summed E-state index contributed by atoms with van der Waals surface area (Å²) in [5.41, 5.74) is 5.73. The highest BCUT2D eigenvalue weighted by Crippen LogP contribution is 2.28. The second-order valence-electron chi connectivity index (χ2n) is 8.28. The number of aromatic nitrogens is 5. The molecule has 0 aliphatic heterocycles. The first kappa shape index (κ1) is 22.1. The molecule has 35 heavy (non-hydrogen) atoms. The van der Waals surface area contributed by atoms with E-state index in [1.54, 1.807) is 29.2 Å². The van der Waals surface area contributed by atoms with Gasteiger partial charge in [-0.15, -0.1) is 0 Å². The molecule has 3 aromatic heterocycles. The Bertz CT molecular complexity index is 1510. The van der Waals surface area contributed by atoms with E-state index < -0.39 is 0 Å². The summed E-state index contributed by atoms with van der Waals surface area (Å²) in [7, 11) is 0. The van der Waals surface area contributed by atoms with Gasteiger partial charge in [0.1, 0.15) is 11.5 Å². The van der Waals surface area contributed by atoms with Crippen LogP contribution in [0.1, 0.15) is 39.8 Å². The Morgan fingerprint density at radius 1 is 1.14 bits per heavy atom. The molecule has 0 spiro atoms. The van der Waals surface area contributed by atoms with Crippen LogP contribution in [0.5, 0.6) is 5.88 Å². The highest BCUT2D eigenvalue weighted by Gasteiger charge is 2.14. The number of aromatic amines is 2. The molecule has 0 saturated carbocycles. The number of amides is 1. The van der Waals surface area contributed by atoms with Crippen molar-refractivity contribution in [2.45, 2.75) is 26.8 Å². The Labute approximate surface area is 201 Å². The number of hydrogen-bond acceptors (Lipinski definition) is 5. The number of carbonyl (C=O) groups is 1. The van der Waals surface area contributed by atoms with Crippen molar-refractivity contribution in [3.8, 4) is 5.88 Å². The smallest absolute Gasteiger partial charge is 0.273 e. The van der Waals surface area contributed by atoms with Crippen LogP contribution in [0, 0.1) is 6.92 Å². The number of H-pyrrole nitrogens is 2. The third-order valence-electron chi connectivity index (χ3n) is 5.76. The van der Waals surface area contributed by atoms with Gasteiger partial charge in [0.05, 0.1) is 17.5 Å². The average molecular weight is 468 g/mol. The molecule has 0 bridgehead atoms. The molecule has 0 aliphatic carbocycles. The zero-order valence-electron chi connectivity index (χ0n) is 19.4. The molecule has 9 heteroatoms. The lowest BCUT2D eigenvalue weighted by Crippen LogP contribution is -2.17. The van der Waals surface area contributed by atoms with Crippen LogP contribution in [-0.4, -0.2) is 42.2 Å². The molecule has 5 aromatic rings. The Morgan fingerprint density at radius 2 is 1.94 bits per heavy atom. The van der Waals surface area contributed by atoms with Crippen molar-refractivity contribution in [2.24, 2.45) is 4.99 Å². The number of benzene rings is 2. The quantitative estimate of drug-likeness (QED) is 0.259. The van der Waals surface area contributed by atoms with Crippen LogP contribution in [0.15, 0.2) is 65.8 Å². The predicted octanol–water partition coefficient (Wildman–Crippen LogP) is 4.72. The van der Waals surface area contributed by atoms with Crippen LogP contribution in [0.25, 0.3) is 10.9 Å². The minimum absolute atomic E-state index is 0.0696. The lowest BCUT2D eigenvalue weighted by atomic mass is 10.0. The van der Waals surface area contributed by atoms with Crippen LogP contribution < -0.4 is 5.32 Å². The molecule has 0 unspecified atom stereocenters. The van der Waals surface area contributed by atoms with Crippen LogP contribution in [0.4, 0.5) is 11.5 Å². The topological polar surface area (TPSA) is 124 Å². The molecule has 3 heterocycles. The van der Waals surface area contributed by atoms with E-state index in [0.717, 1.165) is 33.4 Å². The fourth-order valence-electron chi connectivity index (χ4n) is 4.05. The highest BCUT2D eigenvalue weighted by atomic mass is 16.3. The maximum Gasteiger partial charge on any atom is 0.273 e. The normalized spacial score (nSPS) is 11.5. The SMILES string of the molecule is CCn1nc(C)cc1C(=O)Nc1ccc(Cc2ccc3[nH]c(O)c(/C=N/c4ccn[nH]4)c3c2)cc1. The fraction of sp³-hybridized carbons (Fsp3) is 0.154. The van der Waals surface area contributed by atoms with Crippen molar-refractivity contribution in [3.05, 3.63) is 88.9 Å². The number of aromatic hydroxyl groups is 1. The molecule has 0 atom stereocenters. The summed E-state index contributed by atoms with van der Waals surface area (Å²) in [4.78, 5) is 20.0. The minimum Gasteiger partial charge on any atom is -0.494 e. The fourth-order valence-corrected chi connectivity index (χ4v) is 4.05. The molecule has 0 radical (unpaired) electrons. The van der Waals surface area contributed by atoms with Crippen LogP contribution in [-0.2, 0) is 13.0 Å². The van der Waals surface area contributed by atoms with Gasteiger partial charge >= 0.3 is 0 Å². The van der Waals surface area contributed by atoms with E-state index in [-0.39, 0.29) is 11.8 Å². The zero-order valence-corrected chi connectivity index (χ0v) is 19.4. The lowest BCUT2D eigenvalue weighted by Gasteiger charge is -2.08. The van der Waals surface area contributed by atoms with Crippen LogP contribution in [0.3, 0.4) is 0 Å². The largest absolute Gasteiger partial charge is 0.494 e. The summed E-state index contributed by atoms with van der Waals surface area (Å²) in [5, 5.41) is 25.2. The molecule has 4 N–H and O–H groups in total. The second-order valence-corrected chi connectivity index (χ2v) is 8.28. The van der Waals surface area contributed by atoms with E-state index in [2.05, 4.69) is 30.6 Å². The van der Waals surface area contributed by atoms with Crippen molar-refractivity contribution in [1.29, 1.82) is 0 Å². The molecule has 0 fully saturated rings. The first-order valence-electron chi connectivity index (χ1n) is 11.3.